The third-order valence-corrected chi connectivity index (χ3v) is 5.62. The first kappa shape index (κ1) is 25.9. The molecule has 0 saturated carbocycles. The molecule has 14 heteroatoms. The average Bonchev–Trinajstić information content (AvgIpc) is 3.27. The Morgan fingerprint density at radius 3 is 2.51 bits per heavy atom. The van der Waals surface area contributed by atoms with Crippen molar-refractivity contribution in [2.24, 2.45) is 12.8 Å². The van der Waals surface area contributed by atoms with Crippen LogP contribution in [0.15, 0.2) is 42.7 Å². The van der Waals surface area contributed by atoms with Gasteiger partial charge in [-0.05, 0) is 23.8 Å². The van der Waals surface area contributed by atoms with Crippen LogP contribution in [0, 0.1) is 0 Å². The number of piperidine rings is 1. The number of primary amides is 1. The van der Waals surface area contributed by atoms with E-state index in [1.54, 1.807) is 7.05 Å². The van der Waals surface area contributed by atoms with Gasteiger partial charge >= 0.3 is 6.36 Å². The van der Waals surface area contributed by atoms with E-state index in [1.807, 2.05) is 0 Å². The first-order valence-corrected chi connectivity index (χ1v) is 11.1. The van der Waals surface area contributed by atoms with E-state index in [4.69, 9.17) is 10.5 Å². The van der Waals surface area contributed by atoms with Crippen LogP contribution < -0.4 is 15.2 Å². The number of alkyl halides is 4. The molecule has 1 aliphatic heterocycles. The summed E-state index contributed by atoms with van der Waals surface area (Å²) in [4.78, 5) is 31.4. The normalized spacial score (nSPS) is 17.9. The Morgan fingerprint density at radius 2 is 1.92 bits per heavy atom. The minimum Gasteiger partial charge on any atom is -0.471 e. The van der Waals surface area contributed by atoms with Crippen LogP contribution in [0.2, 0.25) is 0 Å². The van der Waals surface area contributed by atoms with Gasteiger partial charge in [-0.1, -0.05) is 12.1 Å². The molecule has 1 aliphatic rings. The number of hydrogen-bond donors (Lipinski definition) is 1. The molecular weight excluding hydrogens is 500 g/mol. The molecule has 1 aromatic carbocycles. The molecular formula is C23H22F4N6O4. The molecule has 2 unspecified atom stereocenters. The van der Waals surface area contributed by atoms with Crippen LogP contribution in [-0.4, -0.2) is 68.4 Å². The third kappa shape index (κ3) is 6.51. The summed E-state index contributed by atoms with van der Waals surface area (Å²) < 4.78 is 61.3. The molecule has 2 amide bonds. The summed E-state index contributed by atoms with van der Waals surface area (Å²) >= 11 is 0. The van der Waals surface area contributed by atoms with E-state index in [9.17, 15) is 27.2 Å². The quantitative estimate of drug-likeness (QED) is 0.473. The first-order valence-electron chi connectivity index (χ1n) is 11.1. The van der Waals surface area contributed by atoms with Gasteiger partial charge in [-0.25, -0.2) is 9.37 Å². The van der Waals surface area contributed by atoms with E-state index in [1.165, 1.54) is 40.3 Å². The highest BCUT2D eigenvalue weighted by molar-refractivity contribution is 5.96. The molecule has 2 N–H and O–H groups in total. The van der Waals surface area contributed by atoms with E-state index in [0.29, 0.717) is 16.8 Å². The average molecular weight is 522 g/mol. The number of rotatable bonds is 7. The molecule has 1 saturated heterocycles. The number of nitrogens with two attached hydrogens (primary N) is 1. The molecule has 2 atom stereocenters. The minimum absolute atomic E-state index is 0.0493. The second-order valence-corrected chi connectivity index (χ2v) is 8.33. The van der Waals surface area contributed by atoms with Crippen molar-refractivity contribution >= 4 is 11.8 Å². The zero-order valence-corrected chi connectivity index (χ0v) is 19.5. The van der Waals surface area contributed by atoms with E-state index in [2.05, 4.69) is 19.9 Å². The lowest BCUT2D eigenvalue weighted by molar-refractivity contribution is -0.274. The van der Waals surface area contributed by atoms with Gasteiger partial charge in [0.1, 0.15) is 23.1 Å². The number of hydrogen-bond acceptors (Lipinski definition) is 7. The summed E-state index contributed by atoms with van der Waals surface area (Å²) in [7, 11) is 1.63. The number of amides is 2. The van der Waals surface area contributed by atoms with Gasteiger partial charge in [0.25, 0.3) is 5.91 Å². The minimum atomic E-state index is -4.81. The molecule has 0 aliphatic carbocycles. The third-order valence-electron chi connectivity index (χ3n) is 5.62. The number of benzene rings is 1. The molecule has 2 aromatic heterocycles. The lowest BCUT2D eigenvalue weighted by atomic mass is 10.0. The summed E-state index contributed by atoms with van der Waals surface area (Å²) in [5.74, 6) is -1.74. The van der Waals surface area contributed by atoms with Gasteiger partial charge in [-0.3, -0.25) is 9.59 Å². The zero-order valence-electron chi connectivity index (χ0n) is 19.5. The van der Waals surface area contributed by atoms with Crippen molar-refractivity contribution in [3.63, 3.8) is 0 Å². The number of carbonyl (C=O) groups is 2. The lowest BCUT2D eigenvalue weighted by Crippen LogP contribution is -2.49. The van der Waals surface area contributed by atoms with Gasteiger partial charge < -0.3 is 20.1 Å². The molecule has 3 heterocycles. The first-order chi connectivity index (χ1) is 17.5. The molecule has 0 spiro atoms. The number of halogens is 4. The summed E-state index contributed by atoms with van der Waals surface area (Å²) in [6.45, 7) is -0.0921. The van der Waals surface area contributed by atoms with E-state index < -0.39 is 36.2 Å². The smallest absolute Gasteiger partial charge is 0.471 e. The van der Waals surface area contributed by atoms with Crippen LogP contribution in [0.1, 0.15) is 22.3 Å². The number of nitrogens with zero attached hydrogens (tertiary/aromatic N) is 5. The van der Waals surface area contributed by atoms with E-state index in [-0.39, 0.29) is 37.4 Å². The van der Waals surface area contributed by atoms with Crippen molar-refractivity contribution < 1.29 is 36.6 Å². The number of carbonyl (C=O) groups excluding carboxylic acids is 2. The Hall–Kier alpha value is -4.23. The van der Waals surface area contributed by atoms with Crippen LogP contribution in [0.5, 0.6) is 11.6 Å². The fourth-order valence-electron chi connectivity index (χ4n) is 3.82. The SMILES string of the molecule is Cn1ncc(-c2cnc(OC3CCN(C(=O)Cc4ccc(OC(F)(F)F)cc4)CC3F)c(C(N)=O)c2)n1. The molecule has 196 valence electrons. The molecule has 37 heavy (non-hydrogen) atoms. The summed E-state index contributed by atoms with van der Waals surface area (Å²) in [5.41, 5.74) is 6.81. The number of ether oxygens (including phenoxy) is 2. The maximum absolute atomic E-state index is 15.0. The van der Waals surface area contributed by atoms with Gasteiger partial charge in [0, 0.05) is 31.8 Å². The van der Waals surface area contributed by atoms with E-state index >= 15 is 0 Å². The highest BCUT2D eigenvalue weighted by atomic mass is 19.4. The van der Waals surface area contributed by atoms with Gasteiger partial charge in [-0.15, -0.1) is 13.2 Å². The molecule has 0 radical (unpaired) electrons. The molecule has 10 nitrogen and oxygen atoms in total. The molecule has 1 fully saturated rings. The van der Waals surface area contributed by atoms with Crippen molar-refractivity contribution in [3.05, 3.63) is 53.9 Å². The standard InChI is InChI=1S/C23H22F4N6O4/c1-32-30-11-18(31-32)14-9-16(21(28)35)22(29-10-14)36-19-6-7-33(12-17(19)24)20(34)8-13-2-4-15(5-3-13)37-23(25,26)27/h2-5,9-11,17,19H,6-8,12H2,1H3,(H2,28,35). The predicted octanol–water partition coefficient (Wildman–Crippen LogP) is 2.44. The van der Waals surface area contributed by atoms with Crippen LogP contribution in [0.4, 0.5) is 17.6 Å². The van der Waals surface area contributed by atoms with Crippen LogP contribution in [0.25, 0.3) is 11.3 Å². The van der Waals surface area contributed by atoms with Crippen molar-refractivity contribution in [1.82, 2.24) is 24.9 Å². The summed E-state index contributed by atoms with van der Waals surface area (Å²) in [6, 6.07) is 6.32. The van der Waals surface area contributed by atoms with Crippen molar-refractivity contribution in [1.29, 1.82) is 0 Å². The van der Waals surface area contributed by atoms with E-state index in [0.717, 1.165) is 12.1 Å². The summed E-state index contributed by atoms with van der Waals surface area (Å²) in [6.07, 6.45) is -4.48. The topological polar surface area (TPSA) is 125 Å². The lowest BCUT2D eigenvalue weighted by Gasteiger charge is -2.34. The van der Waals surface area contributed by atoms with Gasteiger partial charge in [0.2, 0.25) is 11.8 Å². The van der Waals surface area contributed by atoms with Gasteiger partial charge in [0.15, 0.2) is 6.17 Å². The number of pyridine rings is 1. The number of aromatic nitrogens is 4. The summed E-state index contributed by atoms with van der Waals surface area (Å²) in [5, 5.41) is 8.10. The zero-order chi connectivity index (χ0) is 26.7. The fraction of sp³-hybridized carbons (Fsp3) is 0.348. The highest BCUT2D eigenvalue weighted by Crippen LogP contribution is 2.27. The van der Waals surface area contributed by atoms with Crippen LogP contribution in [-0.2, 0) is 18.3 Å². The molecule has 0 bridgehead atoms. The van der Waals surface area contributed by atoms with Gasteiger partial charge in [-0.2, -0.15) is 15.0 Å². The second kappa shape index (κ2) is 10.4. The Balaban J connectivity index is 1.37. The van der Waals surface area contributed by atoms with Crippen molar-refractivity contribution in [2.45, 2.75) is 31.5 Å². The number of aryl methyl sites for hydroxylation is 1. The highest BCUT2D eigenvalue weighted by Gasteiger charge is 2.34. The Morgan fingerprint density at radius 1 is 1.19 bits per heavy atom. The number of likely N-dealkylation sites (tertiary alicyclic amines) is 1. The molecule has 3 aromatic rings. The van der Waals surface area contributed by atoms with Crippen molar-refractivity contribution in [2.75, 3.05) is 13.1 Å². The van der Waals surface area contributed by atoms with Crippen molar-refractivity contribution in [3.8, 4) is 22.9 Å². The van der Waals surface area contributed by atoms with Crippen LogP contribution >= 0.6 is 0 Å². The van der Waals surface area contributed by atoms with Gasteiger partial charge in [0.05, 0.1) is 19.2 Å². The monoisotopic (exact) mass is 522 g/mol. The Labute approximate surface area is 208 Å². The Bertz CT molecular complexity index is 1280. The van der Waals surface area contributed by atoms with Crippen LogP contribution in [0.3, 0.4) is 0 Å². The fourth-order valence-corrected chi connectivity index (χ4v) is 3.82. The second-order valence-electron chi connectivity index (χ2n) is 8.33. The molecule has 4 rings (SSSR count). The maximum atomic E-state index is 15.0. The Kier molecular flexibility index (Phi) is 7.27. The largest absolute Gasteiger partial charge is 0.573 e. The predicted molar refractivity (Wildman–Crippen MR) is 120 cm³/mol. The maximum Gasteiger partial charge on any atom is 0.573 e.